The van der Waals surface area contributed by atoms with Gasteiger partial charge < -0.3 is 21.3 Å². The van der Waals surface area contributed by atoms with Crippen LogP contribution in [0.15, 0.2) is 30.3 Å². The molecule has 0 aromatic heterocycles. The van der Waals surface area contributed by atoms with E-state index in [4.69, 9.17) is 5.73 Å². The molecule has 0 fully saturated rings. The van der Waals surface area contributed by atoms with Crippen LogP contribution in [-0.4, -0.2) is 16.1 Å². The molecule has 2 aromatic carbocycles. The van der Waals surface area contributed by atoms with E-state index >= 15 is 0 Å². The minimum Gasteiger partial charge on any atom is -0.504 e. The van der Waals surface area contributed by atoms with E-state index in [9.17, 15) is 15.0 Å². The Balaban J connectivity index is 2.27. The van der Waals surface area contributed by atoms with Crippen LogP contribution in [0, 0.1) is 13.8 Å². The summed E-state index contributed by atoms with van der Waals surface area (Å²) in [6.07, 6.45) is 0. The van der Waals surface area contributed by atoms with Crippen molar-refractivity contribution in [1.29, 1.82) is 0 Å². The number of nitrogens with two attached hydrogens (primary N) is 1. The second kappa shape index (κ2) is 5.13. The van der Waals surface area contributed by atoms with Gasteiger partial charge in [-0.15, -0.1) is 0 Å². The van der Waals surface area contributed by atoms with E-state index in [0.29, 0.717) is 11.4 Å². The topological polar surface area (TPSA) is 95.6 Å². The molecule has 5 nitrogen and oxygen atoms in total. The maximum Gasteiger partial charge on any atom is 0.255 e. The van der Waals surface area contributed by atoms with Crippen molar-refractivity contribution in [3.8, 4) is 11.5 Å². The Kier molecular flexibility index (Phi) is 3.52. The highest BCUT2D eigenvalue weighted by molar-refractivity contribution is 6.06. The van der Waals surface area contributed by atoms with E-state index in [1.165, 1.54) is 18.2 Å². The van der Waals surface area contributed by atoms with E-state index in [-0.39, 0.29) is 17.1 Å². The Bertz CT molecular complexity index is 681. The third kappa shape index (κ3) is 2.66. The number of nitrogens with one attached hydrogen (secondary N) is 1. The fourth-order valence-corrected chi connectivity index (χ4v) is 1.81. The summed E-state index contributed by atoms with van der Waals surface area (Å²) >= 11 is 0. The fraction of sp³-hybridized carbons (Fsp3) is 0.133. The van der Waals surface area contributed by atoms with Crippen molar-refractivity contribution in [2.24, 2.45) is 0 Å². The molecule has 0 aliphatic carbocycles. The molecule has 0 bridgehead atoms. The molecule has 0 atom stereocenters. The maximum atomic E-state index is 12.1. The summed E-state index contributed by atoms with van der Waals surface area (Å²) in [4.78, 5) is 12.1. The zero-order chi connectivity index (χ0) is 14.9. The number of aromatic hydroxyl groups is 2. The fourth-order valence-electron chi connectivity index (χ4n) is 1.81. The molecule has 1 amide bonds. The van der Waals surface area contributed by atoms with Crippen molar-refractivity contribution in [3.63, 3.8) is 0 Å². The summed E-state index contributed by atoms with van der Waals surface area (Å²) in [5.41, 5.74) is 9.16. The van der Waals surface area contributed by atoms with Gasteiger partial charge in [-0.2, -0.15) is 0 Å². The second-order valence-electron chi connectivity index (χ2n) is 4.68. The van der Waals surface area contributed by atoms with Crippen molar-refractivity contribution in [2.45, 2.75) is 13.8 Å². The Morgan fingerprint density at radius 3 is 2.35 bits per heavy atom. The molecule has 104 valence electrons. The van der Waals surface area contributed by atoms with Crippen molar-refractivity contribution >= 4 is 17.3 Å². The predicted molar refractivity (Wildman–Crippen MR) is 78.1 cm³/mol. The van der Waals surface area contributed by atoms with Gasteiger partial charge in [-0.05, 0) is 55.3 Å². The molecule has 2 rings (SSSR count). The average molecular weight is 272 g/mol. The van der Waals surface area contributed by atoms with Gasteiger partial charge in [-0.1, -0.05) is 0 Å². The number of hydrogen-bond donors (Lipinski definition) is 4. The largest absolute Gasteiger partial charge is 0.504 e. The second-order valence-corrected chi connectivity index (χ2v) is 4.68. The van der Waals surface area contributed by atoms with Crippen molar-refractivity contribution in [1.82, 2.24) is 0 Å². The smallest absolute Gasteiger partial charge is 0.255 e. The lowest BCUT2D eigenvalue weighted by Crippen LogP contribution is -2.13. The Morgan fingerprint density at radius 2 is 1.70 bits per heavy atom. The zero-order valence-corrected chi connectivity index (χ0v) is 11.3. The quantitative estimate of drug-likeness (QED) is 0.499. The van der Waals surface area contributed by atoms with Crippen LogP contribution < -0.4 is 11.1 Å². The molecule has 0 saturated heterocycles. The summed E-state index contributed by atoms with van der Waals surface area (Å²) in [5.74, 6) is -1.02. The van der Waals surface area contributed by atoms with Gasteiger partial charge in [0.15, 0.2) is 11.5 Å². The number of anilines is 2. The Hall–Kier alpha value is -2.69. The van der Waals surface area contributed by atoms with Crippen LogP contribution in [0.5, 0.6) is 11.5 Å². The van der Waals surface area contributed by atoms with Crippen LogP contribution in [0.2, 0.25) is 0 Å². The first-order chi connectivity index (χ1) is 9.38. The first kappa shape index (κ1) is 13.7. The highest BCUT2D eigenvalue weighted by atomic mass is 16.3. The summed E-state index contributed by atoms with van der Waals surface area (Å²) in [6, 6.07) is 7.46. The molecule has 0 aliphatic heterocycles. The zero-order valence-electron chi connectivity index (χ0n) is 11.3. The van der Waals surface area contributed by atoms with Gasteiger partial charge in [0.05, 0.1) is 11.4 Å². The van der Waals surface area contributed by atoms with Gasteiger partial charge in [0.25, 0.3) is 5.91 Å². The molecule has 5 heteroatoms. The monoisotopic (exact) mass is 272 g/mol. The molecule has 5 N–H and O–H groups in total. The van der Waals surface area contributed by atoms with E-state index in [1.54, 1.807) is 12.1 Å². The lowest BCUT2D eigenvalue weighted by atomic mass is 10.1. The van der Waals surface area contributed by atoms with Crippen molar-refractivity contribution < 1.29 is 15.0 Å². The average Bonchev–Trinajstić information content (AvgIpc) is 2.39. The number of aryl methyl sites for hydroxylation is 2. The first-order valence-electron chi connectivity index (χ1n) is 6.08. The van der Waals surface area contributed by atoms with Gasteiger partial charge in [-0.25, -0.2) is 0 Å². The van der Waals surface area contributed by atoms with E-state index in [2.05, 4.69) is 5.32 Å². The number of rotatable bonds is 2. The van der Waals surface area contributed by atoms with E-state index in [1.807, 2.05) is 13.8 Å². The van der Waals surface area contributed by atoms with Gasteiger partial charge in [0.1, 0.15) is 0 Å². The molecular formula is C15H16N2O3. The van der Waals surface area contributed by atoms with Gasteiger partial charge in [0.2, 0.25) is 0 Å². The van der Waals surface area contributed by atoms with Crippen LogP contribution in [0.25, 0.3) is 0 Å². The summed E-state index contributed by atoms with van der Waals surface area (Å²) in [5, 5.41) is 21.3. The van der Waals surface area contributed by atoms with E-state index in [0.717, 1.165) is 11.1 Å². The number of phenols is 2. The minimum atomic E-state index is -0.407. The van der Waals surface area contributed by atoms with Crippen LogP contribution in [-0.2, 0) is 0 Å². The Morgan fingerprint density at radius 1 is 1.05 bits per heavy atom. The highest BCUT2D eigenvalue weighted by Crippen LogP contribution is 2.27. The third-order valence-corrected chi connectivity index (χ3v) is 3.15. The lowest BCUT2D eigenvalue weighted by Gasteiger charge is -2.11. The van der Waals surface area contributed by atoms with Gasteiger partial charge in [0, 0.05) is 5.56 Å². The number of hydrogen-bond acceptors (Lipinski definition) is 4. The van der Waals surface area contributed by atoms with Crippen molar-refractivity contribution in [3.05, 3.63) is 47.0 Å². The SMILES string of the molecule is Cc1cc(N)c(NC(=O)c2ccc(O)c(O)c2)cc1C. The van der Waals surface area contributed by atoms with Crippen LogP contribution in [0.4, 0.5) is 11.4 Å². The molecule has 0 radical (unpaired) electrons. The standard InChI is InChI=1S/C15H16N2O3/c1-8-5-11(16)12(6-9(8)2)17-15(20)10-3-4-13(18)14(19)7-10/h3-7,18-19H,16H2,1-2H3,(H,17,20). The van der Waals surface area contributed by atoms with Crippen molar-refractivity contribution in [2.75, 3.05) is 11.1 Å². The normalized spacial score (nSPS) is 10.3. The van der Waals surface area contributed by atoms with Crippen LogP contribution in [0.3, 0.4) is 0 Å². The third-order valence-electron chi connectivity index (χ3n) is 3.15. The number of carbonyl (C=O) groups excluding carboxylic acids is 1. The number of benzene rings is 2. The summed E-state index contributed by atoms with van der Waals surface area (Å²) < 4.78 is 0. The lowest BCUT2D eigenvalue weighted by molar-refractivity contribution is 0.102. The number of amides is 1. The molecule has 0 heterocycles. The van der Waals surface area contributed by atoms with Gasteiger partial charge in [-0.3, -0.25) is 4.79 Å². The van der Waals surface area contributed by atoms with Crippen LogP contribution >= 0.6 is 0 Å². The number of phenolic OH excluding ortho intramolecular Hbond substituents is 2. The Labute approximate surface area is 116 Å². The first-order valence-corrected chi connectivity index (χ1v) is 6.08. The molecule has 20 heavy (non-hydrogen) atoms. The van der Waals surface area contributed by atoms with Gasteiger partial charge >= 0.3 is 0 Å². The summed E-state index contributed by atoms with van der Waals surface area (Å²) in [7, 11) is 0. The molecule has 0 aliphatic rings. The minimum absolute atomic E-state index is 0.234. The molecular weight excluding hydrogens is 256 g/mol. The molecule has 0 unspecified atom stereocenters. The molecule has 0 spiro atoms. The van der Waals surface area contributed by atoms with E-state index < -0.39 is 5.91 Å². The highest BCUT2D eigenvalue weighted by Gasteiger charge is 2.11. The number of nitrogen functional groups attached to an aromatic ring is 1. The number of carbonyl (C=O) groups is 1. The molecule has 2 aromatic rings. The van der Waals surface area contributed by atoms with Crippen LogP contribution in [0.1, 0.15) is 21.5 Å². The summed E-state index contributed by atoms with van der Waals surface area (Å²) in [6.45, 7) is 3.87. The molecule has 0 saturated carbocycles. The predicted octanol–water partition coefficient (Wildman–Crippen LogP) is 2.55. The maximum absolute atomic E-state index is 12.1.